The van der Waals surface area contributed by atoms with Crippen LogP contribution in [0.25, 0.3) is 0 Å². The molecule has 2 unspecified atom stereocenters. The Hall–Kier alpha value is -1.35. The SMILES string of the molecule is Cc1ccc(C(CC2CCC3(CCCC3)O2)C(=O)O)cc1. The molecule has 1 saturated carbocycles. The summed E-state index contributed by atoms with van der Waals surface area (Å²) in [5.74, 6) is -1.19. The van der Waals surface area contributed by atoms with Gasteiger partial charge in [-0.1, -0.05) is 42.7 Å². The van der Waals surface area contributed by atoms with Crippen molar-refractivity contribution in [3.63, 3.8) is 0 Å². The van der Waals surface area contributed by atoms with Crippen molar-refractivity contribution < 1.29 is 14.6 Å². The molecule has 3 nitrogen and oxygen atoms in total. The van der Waals surface area contributed by atoms with E-state index in [9.17, 15) is 9.90 Å². The zero-order valence-electron chi connectivity index (χ0n) is 12.7. The van der Waals surface area contributed by atoms with Gasteiger partial charge in [0.2, 0.25) is 0 Å². The Morgan fingerprint density at radius 3 is 2.57 bits per heavy atom. The number of hydrogen-bond donors (Lipinski definition) is 1. The molecule has 0 radical (unpaired) electrons. The molecule has 1 heterocycles. The molecular formula is C18H24O3. The Bertz CT molecular complexity index is 500. The largest absolute Gasteiger partial charge is 0.481 e. The first-order valence-corrected chi connectivity index (χ1v) is 8.05. The van der Waals surface area contributed by atoms with Crippen LogP contribution in [-0.4, -0.2) is 22.8 Å². The van der Waals surface area contributed by atoms with Crippen molar-refractivity contribution in [1.29, 1.82) is 0 Å². The smallest absolute Gasteiger partial charge is 0.311 e. The van der Waals surface area contributed by atoms with Crippen LogP contribution in [0.3, 0.4) is 0 Å². The van der Waals surface area contributed by atoms with E-state index in [1.165, 1.54) is 12.8 Å². The molecule has 2 aliphatic rings. The maximum atomic E-state index is 11.6. The van der Waals surface area contributed by atoms with Crippen molar-refractivity contribution in [2.45, 2.75) is 69.5 Å². The first-order chi connectivity index (χ1) is 10.1. The van der Waals surface area contributed by atoms with Gasteiger partial charge in [-0.05, 0) is 44.6 Å². The molecule has 1 aromatic carbocycles. The maximum absolute atomic E-state index is 11.6. The highest BCUT2D eigenvalue weighted by Gasteiger charge is 2.43. The number of ether oxygens (including phenoxy) is 1. The summed E-state index contributed by atoms with van der Waals surface area (Å²) < 4.78 is 6.27. The third-order valence-corrected chi connectivity index (χ3v) is 5.13. The average molecular weight is 288 g/mol. The number of rotatable bonds is 4. The van der Waals surface area contributed by atoms with Gasteiger partial charge in [0.25, 0.3) is 0 Å². The fourth-order valence-electron chi connectivity index (χ4n) is 3.89. The number of hydrogen-bond acceptors (Lipinski definition) is 2. The fourth-order valence-corrected chi connectivity index (χ4v) is 3.89. The molecule has 1 spiro atoms. The molecule has 3 heteroatoms. The average Bonchev–Trinajstić information content (AvgIpc) is 3.08. The lowest BCUT2D eigenvalue weighted by molar-refractivity contribution is -0.140. The Labute approximate surface area is 126 Å². The molecule has 114 valence electrons. The number of carboxylic acids is 1. The van der Waals surface area contributed by atoms with E-state index in [-0.39, 0.29) is 11.7 Å². The number of benzene rings is 1. The second-order valence-corrected chi connectivity index (χ2v) is 6.71. The van der Waals surface area contributed by atoms with Gasteiger partial charge in [-0.15, -0.1) is 0 Å². The number of carboxylic acid groups (broad SMARTS) is 1. The van der Waals surface area contributed by atoms with E-state index in [1.807, 2.05) is 31.2 Å². The summed E-state index contributed by atoms with van der Waals surface area (Å²) in [5.41, 5.74) is 2.13. The molecule has 1 saturated heterocycles. The summed E-state index contributed by atoms with van der Waals surface area (Å²) in [4.78, 5) is 11.6. The monoisotopic (exact) mass is 288 g/mol. The molecule has 0 amide bonds. The van der Waals surface area contributed by atoms with Crippen LogP contribution in [0.15, 0.2) is 24.3 Å². The first kappa shape index (κ1) is 14.6. The Kier molecular flexibility index (Phi) is 4.03. The van der Waals surface area contributed by atoms with Gasteiger partial charge in [0, 0.05) is 0 Å². The number of carbonyl (C=O) groups is 1. The number of aliphatic carboxylic acids is 1. The van der Waals surface area contributed by atoms with Crippen LogP contribution < -0.4 is 0 Å². The predicted octanol–water partition coefficient (Wildman–Crippen LogP) is 4.05. The minimum absolute atomic E-state index is 0.0843. The second-order valence-electron chi connectivity index (χ2n) is 6.71. The molecule has 2 fully saturated rings. The van der Waals surface area contributed by atoms with Crippen molar-refractivity contribution in [3.8, 4) is 0 Å². The molecule has 3 rings (SSSR count). The van der Waals surface area contributed by atoms with Crippen LogP contribution in [0.2, 0.25) is 0 Å². The molecule has 1 aliphatic carbocycles. The summed E-state index contributed by atoms with van der Waals surface area (Å²) in [5, 5.41) is 9.56. The summed E-state index contributed by atoms with van der Waals surface area (Å²) >= 11 is 0. The van der Waals surface area contributed by atoms with Crippen LogP contribution >= 0.6 is 0 Å². The van der Waals surface area contributed by atoms with E-state index in [0.29, 0.717) is 6.42 Å². The summed E-state index contributed by atoms with van der Waals surface area (Å²) in [6, 6.07) is 7.85. The summed E-state index contributed by atoms with van der Waals surface area (Å²) in [6.45, 7) is 2.02. The molecule has 1 aromatic rings. The quantitative estimate of drug-likeness (QED) is 0.909. The van der Waals surface area contributed by atoms with E-state index in [0.717, 1.165) is 36.8 Å². The zero-order chi connectivity index (χ0) is 14.9. The van der Waals surface area contributed by atoms with Gasteiger partial charge in [-0.3, -0.25) is 4.79 Å². The van der Waals surface area contributed by atoms with E-state index in [2.05, 4.69) is 0 Å². The van der Waals surface area contributed by atoms with Crippen LogP contribution in [0.5, 0.6) is 0 Å². The number of aryl methyl sites for hydroxylation is 1. The van der Waals surface area contributed by atoms with Gasteiger partial charge < -0.3 is 9.84 Å². The highest BCUT2D eigenvalue weighted by Crippen LogP contribution is 2.45. The highest BCUT2D eigenvalue weighted by molar-refractivity contribution is 5.76. The highest BCUT2D eigenvalue weighted by atomic mass is 16.5. The Balaban J connectivity index is 1.69. The van der Waals surface area contributed by atoms with Gasteiger partial charge in [0.1, 0.15) is 0 Å². The van der Waals surface area contributed by atoms with Crippen molar-refractivity contribution in [2.24, 2.45) is 0 Å². The van der Waals surface area contributed by atoms with Gasteiger partial charge in [-0.25, -0.2) is 0 Å². The normalized spacial score (nSPS) is 25.3. The van der Waals surface area contributed by atoms with Crippen molar-refractivity contribution in [3.05, 3.63) is 35.4 Å². The van der Waals surface area contributed by atoms with E-state index >= 15 is 0 Å². The van der Waals surface area contributed by atoms with Crippen LogP contribution in [0.1, 0.15) is 62.0 Å². The predicted molar refractivity (Wildman–Crippen MR) is 81.5 cm³/mol. The fraction of sp³-hybridized carbons (Fsp3) is 0.611. The van der Waals surface area contributed by atoms with Gasteiger partial charge in [0.15, 0.2) is 0 Å². The van der Waals surface area contributed by atoms with Gasteiger partial charge in [0.05, 0.1) is 17.6 Å². The topological polar surface area (TPSA) is 46.5 Å². The lowest BCUT2D eigenvalue weighted by Crippen LogP contribution is -2.26. The Morgan fingerprint density at radius 2 is 1.95 bits per heavy atom. The third-order valence-electron chi connectivity index (χ3n) is 5.13. The lowest BCUT2D eigenvalue weighted by atomic mass is 9.91. The minimum atomic E-state index is -0.741. The zero-order valence-corrected chi connectivity index (χ0v) is 12.7. The summed E-state index contributed by atoms with van der Waals surface area (Å²) in [6.07, 6.45) is 7.65. The molecule has 0 bridgehead atoms. The van der Waals surface area contributed by atoms with Crippen molar-refractivity contribution in [1.82, 2.24) is 0 Å². The molecule has 1 N–H and O–H groups in total. The van der Waals surface area contributed by atoms with Crippen LogP contribution in [0.4, 0.5) is 0 Å². The lowest BCUT2D eigenvalue weighted by Gasteiger charge is -2.25. The maximum Gasteiger partial charge on any atom is 0.311 e. The minimum Gasteiger partial charge on any atom is -0.481 e. The van der Waals surface area contributed by atoms with E-state index in [1.54, 1.807) is 0 Å². The van der Waals surface area contributed by atoms with Crippen molar-refractivity contribution >= 4 is 5.97 Å². The van der Waals surface area contributed by atoms with Crippen molar-refractivity contribution in [2.75, 3.05) is 0 Å². The molecular weight excluding hydrogens is 264 g/mol. The first-order valence-electron chi connectivity index (χ1n) is 8.05. The van der Waals surface area contributed by atoms with Gasteiger partial charge in [-0.2, -0.15) is 0 Å². The third kappa shape index (κ3) is 3.13. The second kappa shape index (κ2) is 5.80. The molecule has 0 aromatic heterocycles. The molecule has 21 heavy (non-hydrogen) atoms. The van der Waals surface area contributed by atoms with Crippen LogP contribution in [-0.2, 0) is 9.53 Å². The Morgan fingerprint density at radius 1 is 1.29 bits per heavy atom. The standard InChI is InChI=1S/C18H24O3/c1-13-4-6-14(7-5-13)16(17(19)20)12-15-8-11-18(21-15)9-2-3-10-18/h4-7,15-16H,2-3,8-12H2,1H3,(H,19,20). The molecule has 2 atom stereocenters. The van der Waals surface area contributed by atoms with Gasteiger partial charge >= 0.3 is 5.97 Å². The molecule has 1 aliphatic heterocycles. The van der Waals surface area contributed by atoms with E-state index in [4.69, 9.17) is 4.74 Å². The van der Waals surface area contributed by atoms with E-state index < -0.39 is 11.9 Å². The summed E-state index contributed by atoms with van der Waals surface area (Å²) in [7, 11) is 0. The van der Waals surface area contributed by atoms with Crippen LogP contribution in [0, 0.1) is 6.92 Å².